The molecule has 2 fully saturated rings. The predicted octanol–water partition coefficient (Wildman–Crippen LogP) is 5.39. The standard InChI is InChI=1S/C23H26N2.C2HF3O2/c1-25-21-12-13-22(25)15-18(14-21)16-23(17-24,19-8-4-2-5-9-19)20-10-6-3-7-11-20;3-2(4,5)1(6)7/h2-11,18,21-22H,12-16H2,1H3;(H,6,7)/t18?,21-,22+;. The highest BCUT2D eigenvalue weighted by Crippen LogP contribution is 2.45. The van der Waals surface area contributed by atoms with Gasteiger partial charge in [-0.05, 0) is 56.2 Å². The number of hydrogen-bond donors (Lipinski definition) is 1. The van der Waals surface area contributed by atoms with Gasteiger partial charge in [-0.25, -0.2) is 4.79 Å². The number of hydrogen-bond acceptors (Lipinski definition) is 3. The molecule has 2 aliphatic heterocycles. The van der Waals surface area contributed by atoms with Crippen molar-refractivity contribution in [1.82, 2.24) is 4.90 Å². The van der Waals surface area contributed by atoms with Crippen LogP contribution in [0, 0.1) is 17.2 Å². The van der Waals surface area contributed by atoms with Crippen LogP contribution >= 0.6 is 0 Å². The molecule has 4 rings (SSSR count). The number of fused-ring (bicyclic) bond motifs is 2. The summed E-state index contributed by atoms with van der Waals surface area (Å²) < 4.78 is 31.7. The maximum atomic E-state index is 10.6. The summed E-state index contributed by atoms with van der Waals surface area (Å²) in [7, 11) is 2.28. The molecule has 3 atom stereocenters. The Morgan fingerprint density at radius 2 is 1.41 bits per heavy atom. The second kappa shape index (κ2) is 9.74. The van der Waals surface area contributed by atoms with E-state index in [2.05, 4.69) is 66.5 Å². The molecule has 7 heteroatoms. The zero-order chi connectivity index (χ0) is 23.4. The van der Waals surface area contributed by atoms with Gasteiger partial charge in [-0.15, -0.1) is 0 Å². The lowest BCUT2D eigenvalue weighted by Crippen LogP contribution is -2.42. The van der Waals surface area contributed by atoms with Crippen LogP contribution in [0.25, 0.3) is 0 Å². The van der Waals surface area contributed by atoms with Crippen molar-refractivity contribution in [2.45, 2.75) is 55.8 Å². The van der Waals surface area contributed by atoms with Crippen LogP contribution in [-0.2, 0) is 10.2 Å². The van der Waals surface area contributed by atoms with Crippen LogP contribution in [-0.4, -0.2) is 41.3 Å². The zero-order valence-corrected chi connectivity index (χ0v) is 17.9. The third-order valence-electron chi connectivity index (χ3n) is 6.76. The van der Waals surface area contributed by atoms with Gasteiger partial charge in [0.15, 0.2) is 0 Å². The number of piperidine rings is 1. The van der Waals surface area contributed by atoms with Crippen LogP contribution in [0.15, 0.2) is 60.7 Å². The summed E-state index contributed by atoms with van der Waals surface area (Å²) in [4.78, 5) is 11.5. The Bertz CT molecular complexity index is 888. The Labute approximate surface area is 186 Å². The number of halogens is 3. The first-order chi connectivity index (χ1) is 15.2. The van der Waals surface area contributed by atoms with Gasteiger partial charge < -0.3 is 10.0 Å². The summed E-state index contributed by atoms with van der Waals surface area (Å²) in [6.45, 7) is 0. The molecule has 0 amide bonds. The number of carbonyl (C=O) groups is 1. The van der Waals surface area contributed by atoms with E-state index >= 15 is 0 Å². The van der Waals surface area contributed by atoms with E-state index in [0.717, 1.165) is 17.5 Å². The van der Waals surface area contributed by atoms with E-state index in [-0.39, 0.29) is 0 Å². The van der Waals surface area contributed by atoms with Crippen LogP contribution in [0.5, 0.6) is 0 Å². The molecule has 2 aliphatic rings. The van der Waals surface area contributed by atoms with Crippen LogP contribution < -0.4 is 0 Å². The maximum absolute atomic E-state index is 10.6. The van der Waals surface area contributed by atoms with Crippen LogP contribution in [0.2, 0.25) is 0 Å². The second-order valence-corrected chi connectivity index (χ2v) is 8.64. The van der Waals surface area contributed by atoms with E-state index in [1.54, 1.807) is 0 Å². The highest BCUT2D eigenvalue weighted by molar-refractivity contribution is 5.73. The number of nitrogens with zero attached hydrogens (tertiary/aromatic N) is 2. The van der Waals surface area contributed by atoms with E-state index < -0.39 is 17.6 Å². The summed E-state index contributed by atoms with van der Waals surface area (Å²) >= 11 is 0. The van der Waals surface area contributed by atoms with Crippen LogP contribution in [0.4, 0.5) is 13.2 Å². The fourth-order valence-electron chi connectivity index (χ4n) is 5.15. The van der Waals surface area contributed by atoms with Gasteiger partial charge in [-0.1, -0.05) is 60.7 Å². The molecular weight excluding hydrogens is 417 g/mol. The Hall–Kier alpha value is -2.85. The molecule has 2 aromatic rings. The molecule has 2 saturated heterocycles. The van der Waals surface area contributed by atoms with E-state index in [4.69, 9.17) is 9.90 Å². The molecule has 4 nitrogen and oxygen atoms in total. The van der Waals surface area contributed by atoms with Gasteiger partial charge in [0.2, 0.25) is 0 Å². The number of aliphatic carboxylic acids is 1. The van der Waals surface area contributed by atoms with E-state index in [1.165, 1.54) is 25.7 Å². The smallest absolute Gasteiger partial charge is 0.475 e. The molecular formula is C25H27F3N2O2. The molecule has 1 N–H and O–H groups in total. The van der Waals surface area contributed by atoms with Crippen LogP contribution in [0.1, 0.15) is 43.2 Å². The van der Waals surface area contributed by atoms with Crippen molar-refractivity contribution in [3.63, 3.8) is 0 Å². The second-order valence-electron chi connectivity index (χ2n) is 8.64. The molecule has 0 saturated carbocycles. The minimum absolute atomic E-state index is 0.539. The highest BCUT2D eigenvalue weighted by Gasteiger charge is 2.43. The molecule has 0 spiro atoms. The number of benzene rings is 2. The molecule has 170 valence electrons. The lowest BCUT2D eigenvalue weighted by atomic mass is 9.68. The molecule has 0 aliphatic carbocycles. The molecule has 32 heavy (non-hydrogen) atoms. The van der Waals surface area contributed by atoms with Gasteiger partial charge in [-0.2, -0.15) is 18.4 Å². The minimum Gasteiger partial charge on any atom is -0.475 e. The van der Waals surface area contributed by atoms with Crippen molar-refractivity contribution in [2.24, 2.45) is 5.92 Å². The van der Waals surface area contributed by atoms with Crippen molar-refractivity contribution in [1.29, 1.82) is 5.26 Å². The number of alkyl halides is 3. The van der Waals surface area contributed by atoms with E-state index in [1.807, 2.05) is 12.1 Å². The first kappa shape index (κ1) is 23.8. The number of carboxylic acids is 1. The van der Waals surface area contributed by atoms with Gasteiger partial charge in [0.05, 0.1) is 6.07 Å². The minimum atomic E-state index is -5.08. The monoisotopic (exact) mass is 444 g/mol. The summed E-state index contributed by atoms with van der Waals surface area (Å²) in [5, 5.41) is 17.5. The lowest BCUT2D eigenvalue weighted by Gasteiger charge is -2.40. The van der Waals surface area contributed by atoms with Crippen LogP contribution in [0.3, 0.4) is 0 Å². The summed E-state index contributed by atoms with van der Waals surface area (Å²) in [5.41, 5.74) is 1.73. The van der Waals surface area contributed by atoms with Gasteiger partial charge in [0.25, 0.3) is 0 Å². The normalized spacial score (nSPS) is 23.0. The first-order valence-corrected chi connectivity index (χ1v) is 10.7. The fraction of sp³-hybridized carbons (Fsp3) is 0.440. The Kier molecular flexibility index (Phi) is 7.25. The van der Waals surface area contributed by atoms with E-state index in [0.29, 0.717) is 18.0 Å². The highest BCUT2D eigenvalue weighted by atomic mass is 19.4. The van der Waals surface area contributed by atoms with Gasteiger partial charge in [-0.3, -0.25) is 0 Å². The summed E-state index contributed by atoms with van der Waals surface area (Å²) in [5.74, 6) is -2.14. The van der Waals surface area contributed by atoms with Crippen molar-refractivity contribution in [3.05, 3.63) is 71.8 Å². The maximum Gasteiger partial charge on any atom is 0.490 e. The number of carboxylic acid groups (broad SMARTS) is 1. The van der Waals surface area contributed by atoms with Crippen molar-refractivity contribution >= 4 is 5.97 Å². The largest absolute Gasteiger partial charge is 0.490 e. The SMILES string of the molecule is CN1[C@@H]2CC[C@H]1CC(CC(C#N)(c1ccccc1)c1ccccc1)C2.O=C(O)C(F)(F)F. The fourth-order valence-corrected chi connectivity index (χ4v) is 5.15. The topological polar surface area (TPSA) is 64.3 Å². The molecule has 2 aromatic carbocycles. The summed E-state index contributed by atoms with van der Waals surface area (Å²) in [6, 6.07) is 25.0. The summed E-state index contributed by atoms with van der Waals surface area (Å²) in [6.07, 6.45) is 0.965. The zero-order valence-electron chi connectivity index (χ0n) is 17.9. The molecule has 0 radical (unpaired) electrons. The quantitative estimate of drug-likeness (QED) is 0.687. The average molecular weight is 444 g/mol. The lowest BCUT2D eigenvalue weighted by molar-refractivity contribution is -0.192. The Morgan fingerprint density at radius 3 is 1.75 bits per heavy atom. The average Bonchev–Trinajstić information content (AvgIpc) is 2.99. The Morgan fingerprint density at radius 1 is 1.00 bits per heavy atom. The third kappa shape index (κ3) is 5.13. The molecule has 2 bridgehead atoms. The van der Waals surface area contributed by atoms with Gasteiger partial charge in [0, 0.05) is 12.1 Å². The van der Waals surface area contributed by atoms with Gasteiger partial charge >= 0.3 is 12.1 Å². The van der Waals surface area contributed by atoms with Crippen molar-refractivity contribution in [2.75, 3.05) is 7.05 Å². The predicted molar refractivity (Wildman–Crippen MR) is 115 cm³/mol. The van der Waals surface area contributed by atoms with Gasteiger partial charge in [0.1, 0.15) is 5.41 Å². The third-order valence-corrected chi connectivity index (χ3v) is 6.76. The molecule has 0 aromatic heterocycles. The number of nitriles is 1. The first-order valence-electron chi connectivity index (χ1n) is 10.7. The number of rotatable bonds is 4. The van der Waals surface area contributed by atoms with Crippen molar-refractivity contribution in [3.8, 4) is 6.07 Å². The van der Waals surface area contributed by atoms with Crippen molar-refractivity contribution < 1.29 is 23.1 Å². The molecule has 2 heterocycles. The Balaban J connectivity index is 0.000000360. The molecule has 1 unspecified atom stereocenters. The van der Waals surface area contributed by atoms with E-state index in [9.17, 15) is 18.4 Å².